The summed E-state index contributed by atoms with van der Waals surface area (Å²) in [6.45, 7) is 2.78. The number of alkyl halides is 3. The van der Waals surface area contributed by atoms with Crippen LogP contribution in [-0.4, -0.2) is 24.3 Å². The molecule has 0 atom stereocenters. The van der Waals surface area contributed by atoms with E-state index >= 15 is 0 Å². The van der Waals surface area contributed by atoms with Crippen LogP contribution in [0.5, 0.6) is 5.88 Å². The van der Waals surface area contributed by atoms with Gasteiger partial charge in [0.05, 0.1) is 13.0 Å². The molecule has 1 aromatic heterocycles. The molecular weight excluding hydrogens is 313 g/mol. The van der Waals surface area contributed by atoms with E-state index < -0.39 is 19.2 Å². The first-order chi connectivity index (χ1) is 8.42. The minimum atomic E-state index is -4.21. The van der Waals surface area contributed by atoms with Crippen molar-refractivity contribution < 1.29 is 17.9 Å². The summed E-state index contributed by atoms with van der Waals surface area (Å²) in [4.78, 5) is 3.97. The van der Waals surface area contributed by atoms with E-state index in [1.807, 2.05) is 6.92 Å². The Labute approximate surface area is 112 Å². The van der Waals surface area contributed by atoms with E-state index in [-0.39, 0.29) is 5.88 Å². The van der Waals surface area contributed by atoms with Gasteiger partial charge in [0.15, 0.2) is 0 Å². The van der Waals surface area contributed by atoms with Crippen LogP contribution >= 0.6 is 15.9 Å². The number of ether oxygens (including phenoxy) is 1. The Kier molecular flexibility index (Phi) is 5.87. The fraction of sp³-hybridized carbons (Fsp3) is 0.545. The Morgan fingerprint density at radius 2 is 2.17 bits per heavy atom. The normalized spacial score (nSPS) is 11.6. The molecular formula is C11H14BrF3N2O. The third-order valence-electron chi connectivity index (χ3n) is 2.08. The van der Waals surface area contributed by atoms with Crippen LogP contribution in [0.1, 0.15) is 18.9 Å². The van der Waals surface area contributed by atoms with Gasteiger partial charge in [0.2, 0.25) is 5.88 Å². The van der Waals surface area contributed by atoms with Crippen LogP contribution < -0.4 is 10.1 Å². The van der Waals surface area contributed by atoms with E-state index in [2.05, 4.69) is 26.2 Å². The second-order valence-electron chi connectivity index (χ2n) is 3.61. The van der Waals surface area contributed by atoms with Gasteiger partial charge in [0, 0.05) is 22.8 Å². The van der Waals surface area contributed by atoms with Crippen molar-refractivity contribution in [2.24, 2.45) is 0 Å². The molecule has 0 amide bonds. The molecule has 0 saturated heterocycles. The number of pyridine rings is 1. The molecule has 7 heteroatoms. The van der Waals surface area contributed by atoms with E-state index in [9.17, 15) is 13.2 Å². The van der Waals surface area contributed by atoms with Crippen LogP contribution in [0.25, 0.3) is 0 Å². The maximum absolute atomic E-state index is 12.0. The number of nitrogens with one attached hydrogen (secondary N) is 1. The Morgan fingerprint density at radius 1 is 1.44 bits per heavy atom. The summed E-state index contributed by atoms with van der Waals surface area (Å²) in [6.07, 6.45) is -3.69. The van der Waals surface area contributed by atoms with Crippen molar-refractivity contribution in [3.05, 3.63) is 22.3 Å². The monoisotopic (exact) mass is 326 g/mol. The summed E-state index contributed by atoms with van der Waals surface area (Å²) in [5, 5.41) is 3.08. The zero-order valence-corrected chi connectivity index (χ0v) is 11.4. The van der Waals surface area contributed by atoms with Crippen molar-refractivity contribution in [1.82, 2.24) is 10.3 Å². The molecule has 18 heavy (non-hydrogen) atoms. The standard InChI is InChI=1S/C11H14BrF3N2O/c1-2-16-6-8-5-9(12)7-17-10(8)18-4-3-11(13,14)15/h5,7,16H,2-4,6H2,1H3. The van der Waals surface area contributed by atoms with Crippen LogP contribution in [0, 0.1) is 0 Å². The fourth-order valence-electron chi connectivity index (χ4n) is 1.25. The molecule has 3 nitrogen and oxygen atoms in total. The third kappa shape index (κ3) is 5.68. The Hall–Kier alpha value is -0.820. The lowest BCUT2D eigenvalue weighted by Crippen LogP contribution is -2.16. The van der Waals surface area contributed by atoms with Crippen molar-refractivity contribution in [2.45, 2.75) is 26.1 Å². The Bertz CT molecular complexity index is 385. The van der Waals surface area contributed by atoms with Crippen LogP contribution in [0.3, 0.4) is 0 Å². The zero-order valence-electron chi connectivity index (χ0n) is 9.85. The summed E-state index contributed by atoms with van der Waals surface area (Å²) in [7, 11) is 0. The summed E-state index contributed by atoms with van der Waals surface area (Å²) in [6, 6.07) is 1.78. The Balaban J connectivity index is 2.63. The SMILES string of the molecule is CCNCc1cc(Br)cnc1OCCC(F)(F)F. The molecule has 0 aliphatic carbocycles. The number of aromatic nitrogens is 1. The molecule has 1 heterocycles. The highest BCUT2D eigenvalue weighted by Gasteiger charge is 2.27. The number of nitrogens with zero attached hydrogens (tertiary/aromatic N) is 1. The van der Waals surface area contributed by atoms with Gasteiger partial charge in [-0.2, -0.15) is 13.2 Å². The summed E-state index contributed by atoms with van der Waals surface area (Å²) in [5.41, 5.74) is 0.730. The van der Waals surface area contributed by atoms with Gasteiger partial charge in [0.1, 0.15) is 0 Å². The third-order valence-corrected chi connectivity index (χ3v) is 2.52. The Morgan fingerprint density at radius 3 is 2.78 bits per heavy atom. The molecule has 0 bridgehead atoms. The highest BCUT2D eigenvalue weighted by atomic mass is 79.9. The lowest BCUT2D eigenvalue weighted by Gasteiger charge is -2.12. The molecule has 0 aliphatic rings. The van der Waals surface area contributed by atoms with Gasteiger partial charge in [-0.15, -0.1) is 0 Å². The van der Waals surface area contributed by atoms with Crippen LogP contribution in [0.4, 0.5) is 13.2 Å². The molecule has 0 unspecified atom stereocenters. The average molecular weight is 327 g/mol. The van der Waals surface area contributed by atoms with E-state index in [1.165, 1.54) is 6.20 Å². The minimum Gasteiger partial charge on any atom is -0.477 e. The van der Waals surface area contributed by atoms with E-state index in [4.69, 9.17) is 4.74 Å². The predicted octanol–water partition coefficient (Wildman–Crippen LogP) is 3.28. The van der Waals surface area contributed by atoms with E-state index in [0.717, 1.165) is 16.6 Å². The molecule has 1 aromatic rings. The maximum atomic E-state index is 12.0. The molecule has 0 radical (unpaired) electrons. The van der Waals surface area contributed by atoms with Gasteiger partial charge in [-0.25, -0.2) is 4.98 Å². The second kappa shape index (κ2) is 6.94. The molecule has 0 saturated carbocycles. The first-order valence-electron chi connectivity index (χ1n) is 5.47. The largest absolute Gasteiger partial charge is 0.477 e. The fourth-order valence-corrected chi connectivity index (χ4v) is 1.63. The highest BCUT2D eigenvalue weighted by Crippen LogP contribution is 2.23. The summed E-state index contributed by atoms with van der Waals surface area (Å²) in [5.74, 6) is 0.239. The molecule has 1 rings (SSSR count). The van der Waals surface area contributed by atoms with Crippen molar-refractivity contribution in [3.8, 4) is 5.88 Å². The first kappa shape index (κ1) is 15.2. The van der Waals surface area contributed by atoms with Gasteiger partial charge >= 0.3 is 6.18 Å². The van der Waals surface area contributed by atoms with E-state index in [1.54, 1.807) is 6.07 Å². The van der Waals surface area contributed by atoms with Crippen molar-refractivity contribution in [1.29, 1.82) is 0 Å². The van der Waals surface area contributed by atoms with Crippen molar-refractivity contribution in [3.63, 3.8) is 0 Å². The number of halogens is 4. The number of hydrogen-bond donors (Lipinski definition) is 1. The molecule has 0 aliphatic heterocycles. The average Bonchev–Trinajstić information content (AvgIpc) is 2.27. The lowest BCUT2D eigenvalue weighted by molar-refractivity contribution is -0.139. The predicted molar refractivity (Wildman–Crippen MR) is 65.5 cm³/mol. The van der Waals surface area contributed by atoms with E-state index in [0.29, 0.717) is 6.54 Å². The van der Waals surface area contributed by atoms with Crippen molar-refractivity contribution >= 4 is 15.9 Å². The smallest absolute Gasteiger partial charge is 0.392 e. The van der Waals surface area contributed by atoms with Gasteiger partial charge < -0.3 is 10.1 Å². The zero-order chi connectivity index (χ0) is 13.6. The number of hydrogen-bond acceptors (Lipinski definition) is 3. The molecule has 0 spiro atoms. The topological polar surface area (TPSA) is 34.2 Å². The summed E-state index contributed by atoms with van der Waals surface area (Å²) >= 11 is 3.26. The van der Waals surface area contributed by atoms with Crippen LogP contribution in [-0.2, 0) is 6.54 Å². The van der Waals surface area contributed by atoms with Crippen molar-refractivity contribution in [2.75, 3.05) is 13.2 Å². The molecule has 0 fully saturated rings. The molecule has 102 valence electrons. The highest BCUT2D eigenvalue weighted by molar-refractivity contribution is 9.10. The van der Waals surface area contributed by atoms with Gasteiger partial charge in [-0.05, 0) is 28.5 Å². The van der Waals surface area contributed by atoms with Gasteiger partial charge in [0.25, 0.3) is 0 Å². The quantitative estimate of drug-likeness (QED) is 0.871. The van der Waals surface area contributed by atoms with Gasteiger partial charge in [-0.1, -0.05) is 6.92 Å². The molecule has 1 N–H and O–H groups in total. The summed E-state index contributed by atoms with van der Waals surface area (Å²) < 4.78 is 41.9. The minimum absolute atomic E-state index is 0.239. The van der Waals surface area contributed by atoms with Crippen LogP contribution in [0.2, 0.25) is 0 Å². The van der Waals surface area contributed by atoms with Crippen LogP contribution in [0.15, 0.2) is 16.7 Å². The van der Waals surface area contributed by atoms with Gasteiger partial charge in [-0.3, -0.25) is 0 Å². The first-order valence-corrected chi connectivity index (χ1v) is 6.26. The molecule has 0 aromatic carbocycles. The second-order valence-corrected chi connectivity index (χ2v) is 4.53. The lowest BCUT2D eigenvalue weighted by atomic mass is 10.2. The maximum Gasteiger partial charge on any atom is 0.392 e. The number of rotatable bonds is 6.